The van der Waals surface area contributed by atoms with Crippen molar-refractivity contribution in [1.29, 1.82) is 5.26 Å². The number of piperazine rings is 1. The highest BCUT2D eigenvalue weighted by Gasteiger charge is 2.34. The molecule has 1 aromatic carbocycles. The predicted octanol–water partition coefficient (Wildman–Crippen LogP) is 3.01. The van der Waals surface area contributed by atoms with Crippen molar-refractivity contribution in [2.75, 3.05) is 31.1 Å². The SMILES string of the molecule is Cc1cnn(C)c1-c1ncc(F)c(N2CCN(C(=O)N3N=CC[C@H]3c3cc(F)cc(C#N)c3)CC2)n1. The smallest absolute Gasteiger partial charge is 0.341 e. The number of hydrogen-bond donors (Lipinski definition) is 0. The minimum atomic E-state index is -0.540. The molecule has 184 valence electrons. The van der Waals surface area contributed by atoms with Crippen LogP contribution in [0.4, 0.5) is 19.4 Å². The van der Waals surface area contributed by atoms with Crippen LogP contribution in [0.1, 0.15) is 29.2 Å². The summed E-state index contributed by atoms with van der Waals surface area (Å²) in [5.74, 6) is -0.525. The molecule has 0 bridgehead atoms. The van der Waals surface area contributed by atoms with Crippen molar-refractivity contribution < 1.29 is 13.6 Å². The maximum atomic E-state index is 14.7. The number of aromatic nitrogens is 4. The van der Waals surface area contributed by atoms with Crippen LogP contribution in [0.3, 0.4) is 0 Å². The van der Waals surface area contributed by atoms with Gasteiger partial charge in [-0.15, -0.1) is 0 Å². The van der Waals surface area contributed by atoms with Gasteiger partial charge in [-0.05, 0) is 36.2 Å². The zero-order valence-corrected chi connectivity index (χ0v) is 19.8. The zero-order chi connectivity index (χ0) is 25.4. The first-order valence-electron chi connectivity index (χ1n) is 11.4. The highest BCUT2D eigenvalue weighted by Crippen LogP contribution is 2.31. The summed E-state index contributed by atoms with van der Waals surface area (Å²) in [5.41, 5.74) is 2.29. The minimum Gasteiger partial charge on any atom is -0.351 e. The molecule has 0 N–H and O–H groups in total. The fraction of sp³-hybridized carbons (Fsp3) is 0.333. The van der Waals surface area contributed by atoms with Gasteiger partial charge in [0.05, 0.1) is 30.1 Å². The zero-order valence-electron chi connectivity index (χ0n) is 19.8. The molecule has 2 aliphatic rings. The molecular formula is C24H23F2N9O. The largest absolute Gasteiger partial charge is 0.351 e. The summed E-state index contributed by atoms with van der Waals surface area (Å²) in [7, 11) is 1.78. The summed E-state index contributed by atoms with van der Waals surface area (Å²) in [6.07, 6.45) is 4.88. The first kappa shape index (κ1) is 23.3. The number of carbonyl (C=O) groups excluding carboxylic acids is 1. The molecule has 2 aliphatic heterocycles. The highest BCUT2D eigenvalue weighted by molar-refractivity contribution is 5.79. The summed E-state index contributed by atoms with van der Waals surface area (Å²) in [4.78, 5) is 25.3. The summed E-state index contributed by atoms with van der Waals surface area (Å²) < 4.78 is 30.3. The Morgan fingerprint density at radius 1 is 1.14 bits per heavy atom. The lowest BCUT2D eigenvalue weighted by Crippen LogP contribution is -2.52. The minimum absolute atomic E-state index is 0.175. The molecule has 0 radical (unpaired) electrons. The van der Waals surface area contributed by atoms with Crippen molar-refractivity contribution in [1.82, 2.24) is 29.7 Å². The first-order chi connectivity index (χ1) is 17.4. The number of anilines is 1. The maximum Gasteiger partial charge on any atom is 0.341 e. The molecular weight excluding hydrogens is 468 g/mol. The monoisotopic (exact) mass is 491 g/mol. The number of urea groups is 1. The lowest BCUT2D eigenvalue weighted by Gasteiger charge is -2.37. The Labute approximate surface area is 206 Å². The van der Waals surface area contributed by atoms with E-state index in [2.05, 4.69) is 20.2 Å². The van der Waals surface area contributed by atoms with E-state index < -0.39 is 17.7 Å². The molecule has 2 aromatic heterocycles. The molecule has 36 heavy (non-hydrogen) atoms. The number of aryl methyl sites for hydroxylation is 2. The third kappa shape index (κ3) is 4.24. The molecule has 1 fully saturated rings. The van der Waals surface area contributed by atoms with Crippen LogP contribution in [0.25, 0.3) is 11.5 Å². The van der Waals surface area contributed by atoms with Crippen LogP contribution >= 0.6 is 0 Å². The molecule has 0 aliphatic carbocycles. The van der Waals surface area contributed by atoms with Crippen LogP contribution < -0.4 is 4.90 Å². The molecule has 10 nitrogen and oxygen atoms in total. The van der Waals surface area contributed by atoms with Gasteiger partial charge in [0.25, 0.3) is 0 Å². The number of nitriles is 1. The van der Waals surface area contributed by atoms with Gasteiger partial charge in [0.1, 0.15) is 11.5 Å². The molecule has 1 atom stereocenters. The van der Waals surface area contributed by atoms with E-state index in [0.29, 0.717) is 49.7 Å². The Bertz CT molecular complexity index is 1370. The molecule has 1 saturated heterocycles. The summed E-state index contributed by atoms with van der Waals surface area (Å²) in [6, 6.07) is 5.15. The summed E-state index contributed by atoms with van der Waals surface area (Å²) in [5, 5.41) is 18.9. The Morgan fingerprint density at radius 3 is 2.61 bits per heavy atom. The second-order valence-corrected chi connectivity index (χ2v) is 8.70. The van der Waals surface area contributed by atoms with Gasteiger partial charge in [0, 0.05) is 45.9 Å². The number of hydrazone groups is 1. The van der Waals surface area contributed by atoms with Crippen LogP contribution in [0, 0.1) is 29.9 Å². The van der Waals surface area contributed by atoms with Crippen LogP contribution in [-0.2, 0) is 7.05 Å². The van der Waals surface area contributed by atoms with Gasteiger partial charge < -0.3 is 9.80 Å². The van der Waals surface area contributed by atoms with E-state index in [4.69, 9.17) is 5.26 Å². The van der Waals surface area contributed by atoms with Crippen molar-refractivity contribution in [3.8, 4) is 17.6 Å². The van der Waals surface area contributed by atoms with Crippen molar-refractivity contribution in [2.45, 2.75) is 19.4 Å². The third-order valence-corrected chi connectivity index (χ3v) is 6.37. The van der Waals surface area contributed by atoms with Gasteiger partial charge in [-0.1, -0.05) is 0 Å². The number of carbonyl (C=O) groups is 1. The van der Waals surface area contributed by atoms with Crippen LogP contribution in [0.15, 0.2) is 35.7 Å². The van der Waals surface area contributed by atoms with E-state index in [9.17, 15) is 13.6 Å². The van der Waals surface area contributed by atoms with Gasteiger partial charge in [-0.2, -0.15) is 15.5 Å². The molecule has 12 heteroatoms. The lowest BCUT2D eigenvalue weighted by molar-refractivity contribution is 0.139. The normalized spacial score (nSPS) is 17.5. The van der Waals surface area contributed by atoms with Crippen LogP contribution in [0.2, 0.25) is 0 Å². The van der Waals surface area contributed by atoms with E-state index >= 15 is 0 Å². The first-order valence-corrected chi connectivity index (χ1v) is 11.4. The Balaban J connectivity index is 1.30. The summed E-state index contributed by atoms with van der Waals surface area (Å²) >= 11 is 0. The maximum absolute atomic E-state index is 14.7. The van der Waals surface area contributed by atoms with Crippen molar-refractivity contribution in [3.63, 3.8) is 0 Å². The molecule has 0 saturated carbocycles. The third-order valence-electron chi connectivity index (χ3n) is 6.37. The van der Waals surface area contributed by atoms with Gasteiger partial charge in [-0.3, -0.25) is 4.68 Å². The standard InChI is InChI=1S/C24H23F2N9O/c1-15-13-30-32(2)21(15)22-28-14-19(26)23(31-22)33-5-7-34(8-6-33)24(36)35-20(3-4-29-35)17-9-16(12-27)10-18(25)11-17/h4,9-11,13-14,20H,3,5-8H2,1-2H3/t20-/m0/s1. The van der Waals surface area contributed by atoms with Gasteiger partial charge in [0.2, 0.25) is 0 Å². The van der Waals surface area contributed by atoms with Crippen LogP contribution in [-0.4, -0.2) is 68.1 Å². The van der Waals surface area contributed by atoms with Gasteiger partial charge in [0.15, 0.2) is 17.5 Å². The second-order valence-electron chi connectivity index (χ2n) is 8.70. The number of nitrogens with zero attached hydrogens (tertiary/aromatic N) is 9. The van der Waals surface area contributed by atoms with E-state index in [1.807, 2.05) is 13.0 Å². The number of rotatable bonds is 3. The predicted molar refractivity (Wildman–Crippen MR) is 127 cm³/mol. The highest BCUT2D eigenvalue weighted by atomic mass is 19.1. The molecule has 2 amide bonds. The van der Waals surface area contributed by atoms with Gasteiger partial charge >= 0.3 is 6.03 Å². The fourth-order valence-electron chi connectivity index (χ4n) is 4.56. The van der Waals surface area contributed by atoms with Crippen molar-refractivity contribution in [2.24, 2.45) is 12.1 Å². The Morgan fingerprint density at radius 2 is 1.92 bits per heavy atom. The van der Waals surface area contributed by atoms with E-state index in [-0.39, 0.29) is 17.4 Å². The molecule has 4 heterocycles. The molecule has 0 unspecified atom stereocenters. The topological polar surface area (TPSA) is 107 Å². The second kappa shape index (κ2) is 9.33. The molecule has 3 aromatic rings. The van der Waals surface area contributed by atoms with Crippen LogP contribution in [0.5, 0.6) is 0 Å². The lowest BCUT2D eigenvalue weighted by atomic mass is 10.0. The average molecular weight is 492 g/mol. The number of benzene rings is 1. The number of amides is 2. The van der Waals surface area contributed by atoms with E-state index in [1.54, 1.807) is 40.0 Å². The quantitative estimate of drug-likeness (QED) is 0.558. The van der Waals surface area contributed by atoms with Gasteiger partial charge in [-0.25, -0.2) is 28.6 Å². The van der Waals surface area contributed by atoms with E-state index in [1.165, 1.54) is 11.1 Å². The molecule has 0 spiro atoms. The average Bonchev–Trinajstić information content (AvgIpc) is 3.50. The molecule has 5 rings (SSSR count). The number of halogens is 2. The van der Waals surface area contributed by atoms with Crippen molar-refractivity contribution >= 4 is 18.1 Å². The van der Waals surface area contributed by atoms with Crippen molar-refractivity contribution in [3.05, 3.63) is 58.9 Å². The van der Waals surface area contributed by atoms with E-state index in [0.717, 1.165) is 17.8 Å². The summed E-state index contributed by atoms with van der Waals surface area (Å²) in [6.45, 7) is 3.27. The number of hydrogen-bond acceptors (Lipinski definition) is 7. The Kier molecular flexibility index (Phi) is 6.05. The Hall–Kier alpha value is -4.40. The fourth-order valence-corrected chi connectivity index (χ4v) is 4.56.